The highest BCUT2D eigenvalue weighted by atomic mass is 16.5. The minimum atomic E-state index is -0.887. The summed E-state index contributed by atoms with van der Waals surface area (Å²) >= 11 is 0. The molecule has 1 atom stereocenters. The van der Waals surface area contributed by atoms with Crippen molar-refractivity contribution in [1.29, 1.82) is 0 Å². The maximum absolute atomic E-state index is 13.6. The number of hydrogen-bond acceptors (Lipinski definition) is 9. The van der Waals surface area contributed by atoms with Crippen LogP contribution in [0.25, 0.3) is 5.76 Å². The third kappa shape index (κ3) is 6.51. The summed E-state index contributed by atoms with van der Waals surface area (Å²) in [7, 11) is 4.50. The van der Waals surface area contributed by atoms with E-state index in [9.17, 15) is 14.7 Å². The lowest BCUT2D eigenvalue weighted by Crippen LogP contribution is -2.42. The molecular weight excluding hydrogens is 564 g/mol. The largest absolute Gasteiger partial charge is 0.507 e. The monoisotopic (exact) mass is 602 g/mol. The first-order chi connectivity index (χ1) is 21.3. The van der Waals surface area contributed by atoms with Crippen LogP contribution in [-0.2, 0) is 20.9 Å². The first-order valence-corrected chi connectivity index (χ1v) is 14.5. The summed E-state index contributed by atoms with van der Waals surface area (Å²) in [6.07, 6.45) is 0. The van der Waals surface area contributed by atoms with Crippen molar-refractivity contribution in [2.24, 2.45) is 0 Å². The Balaban J connectivity index is 1.50. The Morgan fingerprint density at radius 1 is 0.909 bits per heavy atom. The molecule has 0 bridgehead atoms. The van der Waals surface area contributed by atoms with Gasteiger partial charge < -0.3 is 33.7 Å². The number of hydrogen-bond donors (Lipinski definition) is 1. The quantitative estimate of drug-likeness (QED) is 0.195. The number of aliphatic hydroxyl groups is 1. The number of rotatable bonds is 11. The molecule has 1 amide bonds. The highest BCUT2D eigenvalue weighted by Gasteiger charge is 2.46. The van der Waals surface area contributed by atoms with E-state index in [1.165, 1.54) is 26.2 Å². The first kappa shape index (κ1) is 30.9. The minimum absolute atomic E-state index is 0.0142. The molecule has 0 aromatic heterocycles. The number of nitrogens with zero attached hydrogens (tertiary/aromatic N) is 2. The van der Waals surface area contributed by atoms with E-state index in [4.69, 9.17) is 23.7 Å². The molecule has 0 spiro atoms. The summed E-state index contributed by atoms with van der Waals surface area (Å²) < 4.78 is 28.0. The molecule has 2 fully saturated rings. The van der Waals surface area contributed by atoms with E-state index in [1.807, 2.05) is 25.1 Å². The van der Waals surface area contributed by atoms with E-state index in [1.54, 1.807) is 36.4 Å². The van der Waals surface area contributed by atoms with Crippen LogP contribution in [0.1, 0.15) is 28.3 Å². The number of methoxy groups -OCH3 is 3. The van der Waals surface area contributed by atoms with Gasteiger partial charge in [0.25, 0.3) is 11.7 Å². The number of aliphatic hydroxyl groups excluding tert-OH is 1. The third-order valence-electron chi connectivity index (χ3n) is 7.92. The van der Waals surface area contributed by atoms with Crippen LogP contribution in [0.2, 0.25) is 0 Å². The van der Waals surface area contributed by atoms with Gasteiger partial charge in [0.2, 0.25) is 5.75 Å². The predicted octanol–water partition coefficient (Wildman–Crippen LogP) is 4.35. The number of Topliss-reactive ketones (excluding diaryl/α,β-unsaturated/α-hetero) is 1. The molecule has 10 heteroatoms. The van der Waals surface area contributed by atoms with E-state index in [0.29, 0.717) is 60.5 Å². The van der Waals surface area contributed by atoms with Gasteiger partial charge in [0.1, 0.15) is 18.1 Å². The van der Waals surface area contributed by atoms with Crippen LogP contribution in [0.4, 0.5) is 0 Å². The Labute approximate surface area is 257 Å². The molecule has 3 aromatic carbocycles. The van der Waals surface area contributed by atoms with Crippen molar-refractivity contribution < 1.29 is 38.4 Å². The molecular formula is C34H38N2O8. The lowest BCUT2D eigenvalue weighted by atomic mass is 9.94. The number of amides is 1. The second-order valence-electron chi connectivity index (χ2n) is 10.7. The lowest BCUT2D eigenvalue weighted by Gasteiger charge is -2.31. The van der Waals surface area contributed by atoms with E-state index in [2.05, 4.69) is 11.0 Å². The van der Waals surface area contributed by atoms with Crippen molar-refractivity contribution in [2.75, 3.05) is 60.7 Å². The summed E-state index contributed by atoms with van der Waals surface area (Å²) in [5.41, 5.74) is 3.10. The Hall–Kier alpha value is -4.54. The van der Waals surface area contributed by atoms with Crippen LogP contribution in [0.5, 0.6) is 23.0 Å². The van der Waals surface area contributed by atoms with Crippen LogP contribution in [0.15, 0.2) is 66.2 Å². The van der Waals surface area contributed by atoms with Crippen molar-refractivity contribution in [1.82, 2.24) is 9.80 Å². The molecule has 1 N–H and O–H groups in total. The highest BCUT2D eigenvalue weighted by Crippen LogP contribution is 2.45. The van der Waals surface area contributed by atoms with Gasteiger partial charge in [-0.25, -0.2) is 0 Å². The smallest absolute Gasteiger partial charge is 0.295 e. The van der Waals surface area contributed by atoms with Gasteiger partial charge in [-0.15, -0.1) is 0 Å². The van der Waals surface area contributed by atoms with Crippen LogP contribution < -0.4 is 18.9 Å². The van der Waals surface area contributed by atoms with Crippen molar-refractivity contribution in [3.05, 3.63) is 88.5 Å². The number of morpholine rings is 1. The summed E-state index contributed by atoms with van der Waals surface area (Å²) in [5.74, 6) is 0.00723. The fourth-order valence-electron chi connectivity index (χ4n) is 5.62. The number of aryl methyl sites for hydroxylation is 1. The van der Waals surface area contributed by atoms with Crippen molar-refractivity contribution >= 4 is 17.4 Å². The molecule has 2 aliphatic heterocycles. The highest BCUT2D eigenvalue weighted by molar-refractivity contribution is 6.46. The maximum atomic E-state index is 13.6. The predicted molar refractivity (Wildman–Crippen MR) is 164 cm³/mol. The standard InChI is InChI=1S/C34H38N2O8/c1-22-6-5-7-23(18-22)21-44-26-10-8-24(9-11-26)31(37)29-30(25-19-27(40-2)33(42-4)28(20-25)41-3)36(34(39)32(29)38)13-12-35-14-16-43-17-15-35/h5-11,18-20,30,37H,12-17,21H2,1-4H3/b31-29+. The number of ketones is 1. The van der Waals surface area contributed by atoms with Gasteiger partial charge in [0.15, 0.2) is 11.5 Å². The zero-order valence-electron chi connectivity index (χ0n) is 25.5. The fraction of sp³-hybridized carbons (Fsp3) is 0.353. The first-order valence-electron chi connectivity index (χ1n) is 14.5. The Bertz CT molecular complexity index is 1500. The number of carbonyl (C=O) groups excluding carboxylic acids is 2. The van der Waals surface area contributed by atoms with Crippen LogP contribution in [0.3, 0.4) is 0 Å². The second kappa shape index (κ2) is 13.8. The van der Waals surface area contributed by atoms with Crippen LogP contribution >= 0.6 is 0 Å². The average molecular weight is 603 g/mol. The van der Waals surface area contributed by atoms with E-state index < -0.39 is 17.7 Å². The van der Waals surface area contributed by atoms with E-state index in [-0.39, 0.29) is 17.9 Å². The molecule has 0 radical (unpaired) electrons. The zero-order chi connectivity index (χ0) is 31.2. The topological polar surface area (TPSA) is 107 Å². The lowest BCUT2D eigenvalue weighted by molar-refractivity contribution is -0.140. The van der Waals surface area contributed by atoms with E-state index >= 15 is 0 Å². The minimum Gasteiger partial charge on any atom is -0.507 e. The molecule has 1 unspecified atom stereocenters. The van der Waals surface area contributed by atoms with Gasteiger partial charge in [0, 0.05) is 31.7 Å². The molecule has 232 valence electrons. The van der Waals surface area contributed by atoms with Gasteiger partial charge in [-0.2, -0.15) is 0 Å². The summed E-state index contributed by atoms with van der Waals surface area (Å²) in [4.78, 5) is 30.8. The van der Waals surface area contributed by atoms with Crippen molar-refractivity contribution in [3.8, 4) is 23.0 Å². The van der Waals surface area contributed by atoms with Gasteiger partial charge in [0.05, 0.1) is 46.2 Å². The summed E-state index contributed by atoms with van der Waals surface area (Å²) in [5, 5.41) is 11.6. The molecule has 0 aliphatic carbocycles. The molecule has 2 saturated heterocycles. The maximum Gasteiger partial charge on any atom is 0.295 e. The molecule has 44 heavy (non-hydrogen) atoms. The SMILES string of the molecule is COc1cc(C2/C(=C(\O)c3ccc(OCc4cccc(C)c4)cc3)C(=O)C(=O)N2CCN2CCOCC2)cc(OC)c1OC. The number of likely N-dealkylation sites (tertiary alicyclic amines) is 1. The Kier molecular flexibility index (Phi) is 9.72. The Morgan fingerprint density at radius 3 is 2.20 bits per heavy atom. The molecule has 3 aromatic rings. The normalized spacial score (nSPS) is 18.4. The molecule has 2 heterocycles. The fourth-order valence-corrected chi connectivity index (χ4v) is 5.62. The molecule has 10 nitrogen and oxygen atoms in total. The second-order valence-corrected chi connectivity index (χ2v) is 10.7. The van der Waals surface area contributed by atoms with Crippen molar-refractivity contribution in [2.45, 2.75) is 19.6 Å². The van der Waals surface area contributed by atoms with Gasteiger partial charge in [-0.05, 0) is 54.4 Å². The van der Waals surface area contributed by atoms with Crippen LogP contribution in [-0.4, -0.2) is 87.3 Å². The third-order valence-corrected chi connectivity index (χ3v) is 7.92. The van der Waals surface area contributed by atoms with Gasteiger partial charge >= 0.3 is 0 Å². The number of benzene rings is 3. The van der Waals surface area contributed by atoms with E-state index in [0.717, 1.165) is 24.2 Å². The van der Waals surface area contributed by atoms with Crippen molar-refractivity contribution in [3.63, 3.8) is 0 Å². The molecule has 2 aliphatic rings. The zero-order valence-corrected chi connectivity index (χ0v) is 25.5. The summed E-state index contributed by atoms with van der Waals surface area (Å²) in [6, 6.07) is 17.4. The molecule has 0 saturated carbocycles. The number of carbonyl (C=O) groups is 2. The summed E-state index contributed by atoms with van der Waals surface area (Å²) in [6.45, 7) is 5.92. The van der Waals surface area contributed by atoms with Crippen LogP contribution in [0, 0.1) is 6.92 Å². The molecule has 5 rings (SSSR count). The van der Waals surface area contributed by atoms with Gasteiger partial charge in [-0.1, -0.05) is 29.8 Å². The Morgan fingerprint density at radius 2 is 1.59 bits per heavy atom. The average Bonchev–Trinajstić information content (AvgIpc) is 3.31. The van der Waals surface area contributed by atoms with Gasteiger partial charge in [-0.3, -0.25) is 14.5 Å². The number of ether oxygens (including phenoxy) is 5.